The second-order valence-electron chi connectivity index (χ2n) is 7.15. The molecule has 1 saturated heterocycles. The highest BCUT2D eigenvalue weighted by Gasteiger charge is 2.34. The van der Waals surface area contributed by atoms with Gasteiger partial charge in [0.15, 0.2) is 0 Å². The minimum atomic E-state index is -0.0313. The summed E-state index contributed by atoms with van der Waals surface area (Å²) in [5, 5.41) is 18.1. The van der Waals surface area contributed by atoms with Gasteiger partial charge in [-0.25, -0.2) is 0 Å². The molecule has 1 aliphatic rings. The normalized spacial score (nSPS) is 23.0. The first-order valence-electron chi connectivity index (χ1n) is 8.23. The minimum Gasteiger partial charge on any atom is -0.424 e. The third-order valence-electron chi connectivity index (χ3n) is 4.35. The predicted octanol–water partition coefficient (Wildman–Crippen LogP) is 3.12. The fourth-order valence-electron chi connectivity index (χ4n) is 2.98. The zero-order chi connectivity index (χ0) is 16.2. The van der Waals surface area contributed by atoms with Gasteiger partial charge in [0, 0.05) is 17.9 Å². The van der Waals surface area contributed by atoms with Crippen LogP contribution in [0, 0.1) is 5.41 Å². The number of likely N-dealkylation sites (tertiary alicyclic amines) is 1. The van der Waals surface area contributed by atoms with E-state index in [9.17, 15) is 5.11 Å². The molecule has 0 amide bonds. The molecule has 5 heteroatoms. The Hall–Kier alpha value is -1.20. The smallest absolute Gasteiger partial charge is 0.230 e. The maximum absolute atomic E-state index is 9.91. The Morgan fingerprint density at radius 1 is 1.41 bits per heavy atom. The monoisotopic (exact) mass is 307 g/mol. The van der Waals surface area contributed by atoms with Crippen LogP contribution < -0.4 is 0 Å². The summed E-state index contributed by atoms with van der Waals surface area (Å²) in [6.07, 6.45) is 5.35. The zero-order valence-corrected chi connectivity index (χ0v) is 14.3. The van der Waals surface area contributed by atoms with Crippen molar-refractivity contribution in [1.29, 1.82) is 0 Å². The molecule has 0 aromatic carbocycles. The van der Waals surface area contributed by atoms with Crippen molar-refractivity contribution < 1.29 is 9.52 Å². The van der Waals surface area contributed by atoms with Crippen molar-refractivity contribution in [1.82, 2.24) is 15.1 Å². The number of hydrogen-bond acceptors (Lipinski definition) is 5. The lowest BCUT2D eigenvalue weighted by Gasteiger charge is -2.41. The van der Waals surface area contributed by atoms with Crippen molar-refractivity contribution in [2.24, 2.45) is 5.41 Å². The van der Waals surface area contributed by atoms with E-state index in [1.54, 1.807) is 0 Å². The predicted molar refractivity (Wildman–Crippen MR) is 86.5 cm³/mol. The van der Waals surface area contributed by atoms with Gasteiger partial charge in [-0.2, -0.15) is 0 Å². The van der Waals surface area contributed by atoms with Gasteiger partial charge in [-0.15, -0.1) is 10.2 Å². The number of rotatable bonds is 6. The van der Waals surface area contributed by atoms with Crippen LogP contribution in [-0.2, 0) is 6.54 Å². The maximum Gasteiger partial charge on any atom is 0.230 e. The number of nitrogens with zero attached hydrogens (tertiary/aromatic N) is 3. The average Bonchev–Trinajstić information content (AvgIpc) is 2.94. The first kappa shape index (κ1) is 17.2. The number of aliphatic hydroxyl groups excluding tert-OH is 1. The fourth-order valence-corrected chi connectivity index (χ4v) is 2.98. The maximum atomic E-state index is 9.91. The summed E-state index contributed by atoms with van der Waals surface area (Å²) in [6, 6.07) is 0. The number of aromatic nitrogens is 2. The van der Waals surface area contributed by atoms with Crippen LogP contribution in [0.2, 0.25) is 0 Å². The highest BCUT2D eigenvalue weighted by molar-refractivity contribution is 5.00. The Kier molecular flexibility index (Phi) is 5.75. The molecule has 1 aromatic rings. The van der Waals surface area contributed by atoms with Gasteiger partial charge >= 0.3 is 0 Å². The van der Waals surface area contributed by atoms with Crippen molar-refractivity contribution in [3.05, 3.63) is 23.4 Å². The number of piperidine rings is 1. The first-order chi connectivity index (χ1) is 10.4. The van der Waals surface area contributed by atoms with Crippen molar-refractivity contribution in [3.63, 3.8) is 0 Å². The summed E-state index contributed by atoms with van der Waals surface area (Å²) in [6.45, 7) is 11.1. The summed E-state index contributed by atoms with van der Waals surface area (Å²) < 4.78 is 5.71. The molecule has 5 nitrogen and oxygen atoms in total. The lowest BCUT2D eigenvalue weighted by atomic mass is 9.77. The molecule has 1 aromatic heterocycles. The molecule has 0 spiro atoms. The molecule has 0 radical (unpaired) electrons. The zero-order valence-electron chi connectivity index (χ0n) is 14.3. The Balaban J connectivity index is 2.00. The molecule has 22 heavy (non-hydrogen) atoms. The van der Waals surface area contributed by atoms with Gasteiger partial charge in [0.2, 0.25) is 11.8 Å². The second kappa shape index (κ2) is 7.38. The highest BCUT2D eigenvalue weighted by Crippen LogP contribution is 2.34. The van der Waals surface area contributed by atoms with E-state index < -0.39 is 0 Å². The third kappa shape index (κ3) is 4.40. The van der Waals surface area contributed by atoms with Gasteiger partial charge in [0.25, 0.3) is 0 Å². The average molecular weight is 307 g/mol. The summed E-state index contributed by atoms with van der Waals surface area (Å²) in [5.41, 5.74) is 1.28. The molecule has 0 bridgehead atoms. The van der Waals surface area contributed by atoms with Crippen LogP contribution in [0.3, 0.4) is 0 Å². The van der Waals surface area contributed by atoms with Gasteiger partial charge < -0.3 is 9.52 Å². The largest absolute Gasteiger partial charge is 0.424 e. The summed E-state index contributed by atoms with van der Waals surface area (Å²) in [4.78, 5) is 2.33. The van der Waals surface area contributed by atoms with E-state index >= 15 is 0 Å². The molecule has 0 unspecified atom stereocenters. The van der Waals surface area contributed by atoms with Crippen LogP contribution in [0.25, 0.3) is 0 Å². The van der Waals surface area contributed by atoms with Gasteiger partial charge in [0.05, 0.1) is 13.2 Å². The van der Waals surface area contributed by atoms with Crippen molar-refractivity contribution in [2.75, 3.05) is 19.7 Å². The molecule has 1 aliphatic heterocycles. The molecular weight excluding hydrogens is 278 g/mol. The Morgan fingerprint density at radius 2 is 2.18 bits per heavy atom. The SMILES string of the molecule is CC(C)=CC[C@@]1(CO)CCCN(Cc2nnc(C(C)C)o2)C1. The number of allylic oxidation sites excluding steroid dienone is 2. The van der Waals surface area contributed by atoms with E-state index in [0.29, 0.717) is 18.3 Å². The van der Waals surface area contributed by atoms with Crippen molar-refractivity contribution >= 4 is 0 Å². The topological polar surface area (TPSA) is 62.4 Å². The molecule has 1 fully saturated rings. The Bertz CT molecular complexity index is 506. The fraction of sp³-hybridized carbons (Fsp3) is 0.765. The second-order valence-corrected chi connectivity index (χ2v) is 7.15. The lowest BCUT2D eigenvalue weighted by Crippen LogP contribution is -2.44. The molecule has 1 atom stereocenters. The Labute approximate surface area is 133 Å². The van der Waals surface area contributed by atoms with E-state index in [-0.39, 0.29) is 17.9 Å². The molecule has 2 heterocycles. The van der Waals surface area contributed by atoms with Gasteiger partial charge in [-0.05, 0) is 39.7 Å². The van der Waals surface area contributed by atoms with Crippen molar-refractivity contribution in [2.45, 2.75) is 59.4 Å². The van der Waals surface area contributed by atoms with E-state index in [1.807, 2.05) is 13.8 Å². The first-order valence-corrected chi connectivity index (χ1v) is 8.23. The van der Waals surface area contributed by atoms with E-state index in [1.165, 1.54) is 5.57 Å². The van der Waals surface area contributed by atoms with Crippen LogP contribution in [0.4, 0.5) is 0 Å². The van der Waals surface area contributed by atoms with Crippen LogP contribution in [0.5, 0.6) is 0 Å². The van der Waals surface area contributed by atoms with Crippen molar-refractivity contribution in [3.8, 4) is 0 Å². The number of hydrogen-bond donors (Lipinski definition) is 1. The lowest BCUT2D eigenvalue weighted by molar-refractivity contribution is 0.0271. The van der Waals surface area contributed by atoms with Crippen LogP contribution >= 0.6 is 0 Å². The molecule has 1 N–H and O–H groups in total. The molecular formula is C17H29N3O2. The standard InChI is InChI=1S/C17H29N3O2/c1-13(2)6-8-17(12-21)7-5-9-20(11-17)10-15-18-19-16(22-15)14(3)4/h6,14,21H,5,7-12H2,1-4H3/t17-/m0/s1. The van der Waals surface area contributed by atoms with Gasteiger partial charge in [0.1, 0.15) is 0 Å². The van der Waals surface area contributed by atoms with Gasteiger partial charge in [-0.3, -0.25) is 4.90 Å². The van der Waals surface area contributed by atoms with E-state index in [0.717, 1.165) is 32.4 Å². The van der Waals surface area contributed by atoms with Crippen LogP contribution in [0.1, 0.15) is 64.7 Å². The molecule has 124 valence electrons. The van der Waals surface area contributed by atoms with Crippen LogP contribution in [0.15, 0.2) is 16.1 Å². The highest BCUT2D eigenvalue weighted by atomic mass is 16.4. The Morgan fingerprint density at radius 3 is 2.77 bits per heavy atom. The summed E-state index contributed by atoms with van der Waals surface area (Å²) >= 11 is 0. The molecule has 2 rings (SSSR count). The minimum absolute atomic E-state index is 0.0313. The summed E-state index contributed by atoms with van der Waals surface area (Å²) in [7, 11) is 0. The van der Waals surface area contributed by atoms with E-state index in [2.05, 4.69) is 35.0 Å². The summed E-state index contributed by atoms with van der Waals surface area (Å²) in [5.74, 6) is 1.64. The number of aliphatic hydroxyl groups is 1. The van der Waals surface area contributed by atoms with Crippen LogP contribution in [-0.4, -0.2) is 39.9 Å². The molecule has 0 aliphatic carbocycles. The van der Waals surface area contributed by atoms with Gasteiger partial charge in [-0.1, -0.05) is 25.5 Å². The third-order valence-corrected chi connectivity index (χ3v) is 4.35. The molecule has 0 saturated carbocycles. The quantitative estimate of drug-likeness (QED) is 0.818. The van der Waals surface area contributed by atoms with E-state index in [4.69, 9.17) is 4.42 Å².